The molecule has 0 radical (unpaired) electrons. The molecule has 2 aromatic carbocycles. The highest BCUT2D eigenvalue weighted by atomic mass is 32.1. The molecule has 1 atom stereocenters. The summed E-state index contributed by atoms with van der Waals surface area (Å²) in [5.74, 6) is 0. The maximum atomic E-state index is 9.74. The highest BCUT2D eigenvalue weighted by Crippen LogP contribution is 2.43. The molecule has 3 rings (SSSR count). The van der Waals surface area contributed by atoms with Crippen molar-refractivity contribution in [1.82, 2.24) is 0 Å². The van der Waals surface area contributed by atoms with Gasteiger partial charge in [0, 0.05) is 34.8 Å². The Kier molecular flexibility index (Phi) is 3.95. The van der Waals surface area contributed by atoms with Crippen molar-refractivity contribution in [3.8, 4) is 0 Å². The van der Waals surface area contributed by atoms with Gasteiger partial charge in [0.15, 0.2) is 0 Å². The first-order chi connectivity index (χ1) is 10.5. The van der Waals surface area contributed by atoms with Crippen LogP contribution in [0.5, 0.6) is 0 Å². The maximum Gasteiger partial charge on any atom is 0.0945 e. The van der Waals surface area contributed by atoms with Crippen molar-refractivity contribution >= 4 is 42.9 Å². The summed E-state index contributed by atoms with van der Waals surface area (Å²) in [4.78, 5) is 1.98. The third-order valence-electron chi connectivity index (χ3n) is 3.98. The Balaban J connectivity index is 2.26. The molecule has 1 aromatic heterocycles. The van der Waals surface area contributed by atoms with Crippen LogP contribution in [0.15, 0.2) is 30.3 Å². The van der Waals surface area contributed by atoms with Crippen molar-refractivity contribution in [3.63, 3.8) is 0 Å². The minimum absolute atomic E-state index is 0.244. The van der Waals surface area contributed by atoms with Gasteiger partial charge in [-0.2, -0.15) is 0 Å². The summed E-state index contributed by atoms with van der Waals surface area (Å²) in [5, 5.41) is 21.1. The number of aliphatic hydroxyl groups is 2. The molecule has 0 aliphatic rings. The SMILES string of the molecule is Cc1cc(N(C)CC(O)CO)c2c(sc3ccccc32)c1N. The number of rotatable bonds is 4. The van der Waals surface area contributed by atoms with Crippen LogP contribution in [0.1, 0.15) is 5.56 Å². The van der Waals surface area contributed by atoms with Crippen molar-refractivity contribution in [1.29, 1.82) is 0 Å². The van der Waals surface area contributed by atoms with E-state index in [1.54, 1.807) is 11.3 Å². The van der Waals surface area contributed by atoms with Gasteiger partial charge >= 0.3 is 0 Å². The quantitative estimate of drug-likeness (QED) is 0.647. The molecule has 0 fully saturated rings. The van der Waals surface area contributed by atoms with Gasteiger partial charge < -0.3 is 20.8 Å². The largest absolute Gasteiger partial charge is 0.397 e. The number of aliphatic hydroxyl groups excluding tert-OH is 2. The predicted molar refractivity (Wildman–Crippen MR) is 94.8 cm³/mol. The summed E-state index contributed by atoms with van der Waals surface area (Å²) in [6, 6.07) is 10.3. The molecule has 0 saturated heterocycles. The van der Waals surface area contributed by atoms with Crippen LogP contribution >= 0.6 is 11.3 Å². The second kappa shape index (κ2) is 5.76. The average Bonchev–Trinajstić information content (AvgIpc) is 2.90. The number of likely N-dealkylation sites (N-methyl/N-ethyl adjacent to an activating group) is 1. The van der Waals surface area contributed by atoms with Crippen molar-refractivity contribution in [2.75, 3.05) is 30.8 Å². The van der Waals surface area contributed by atoms with E-state index in [2.05, 4.69) is 18.2 Å². The minimum atomic E-state index is -0.761. The Hall–Kier alpha value is -1.82. The molecule has 1 unspecified atom stereocenters. The Labute approximate surface area is 133 Å². The zero-order valence-electron chi connectivity index (χ0n) is 12.7. The van der Waals surface area contributed by atoms with Gasteiger partial charge in [0.05, 0.1) is 23.1 Å². The molecule has 0 aliphatic carbocycles. The number of aryl methyl sites for hydroxylation is 1. The Bertz CT molecular complexity index is 828. The second-order valence-corrected chi connectivity index (χ2v) is 6.70. The summed E-state index contributed by atoms with van der Waals surface area (Å²) in [6.07, 6.45) is -0.761. The van der Waals surface area contributed by atoms with Crippen LogP contribution in [0.25, 0.3) is 20.2 Å². The van der Waals surface area contributed by atoms with Crippen molar-refractivity contribution < 1.29 is 10.2 Å². The van der Waals surface area contributed by atoms with E-state index in [1.807, 2.05) is 31.0 Å². The Morgan fingerprint density at radius 1 is 1.32 bits per heavy atom. The standard InChI is InChI=1S/C17H20N2O2S/c1-10-7-13(19(2)8-11(21)9-20)15-12-5-3-4-6-14(12)22-17(15)16(10)18/h3-7,11,20-21H,8-9,18H2,1-2H3. The number of hydrogen-bond acceptors (Lipinski definition) is 5. The number of hydrogen-bond donors (Lipinski definition) is 3. The molecule has 0 amide bonds. The van der Waals surface area contributed by atoms with Crippen LogP contribution in [0.2, 0.25) is 0 Å². The Morgan fingerprint density at radius 2 is 2.05 bits per heavy atom. The summed E-state index contributed by atoms with van der Waals surface area (Å²) >= 11 is 1.70. The van der Waals surface area contributed by atoms with Crippen LogP contribution in [0, 0.1) is 6.92 Å². The fourth-order valence-electron chi connectivity index (χ4n) is 2.80. The molecule has 1 heterocycles. The van der Waals surface area contributed by atoms with Crippen LogP contribution in [0.4, 0.5) is 11.4 Å². The monoisotopic (exact) mass is 316 g/mol. The van der Waals surface area contributed by atoms with Gasteiger partial charge in [-0.1, -0.05) is 18.2 Å². The predicted octanol–water partition coefficient (Wildman–Crippen LogP) is 2.73. The van der Waals surface area contributed by atoms with Crippen LogP contribution in [-0.2, 0) is 0 Å². The van der Waals surface area contributed by atoms with E-state index in [0.717, 1.165) is 27.0 Å². The molecule has 22 heavy (non-hydrogen) atoms. The zero-order chi connectivity index (χ0) is 15.9. The van der Waals surface area contributed by atoms with Crippen LogP contribution in [0.3, 0.4) is 0 Å². The lowest BCUT2D eigenvalue weighted by atomic mass is 10.1. The lowest BCUT2D eigenvalue weighted by Gasteiger charge is -2.24. The number of nitrogen functional groups attached to an aromatic ring is 1. The lowest BCUT2D eigenvalue weighted by molar-refractivity contribution is 0.101. The fraction of sp³-hybridized carbons (Fsp3) is 0.294. The van der Waals surface area contributed by atoms with E-state index in [9.17, 15) is 5.11 Å². The van der Waals surface area contributed by atoms with Crippen molar-refractivity contribution in [2.45, 2.75) is 13.0 Å². The van der Waals surface area contributed by atoms with E-state index >= 15 is 0 Å². The summed E-state index contributed by atoms with van der Waals surface area (Å²) in [5.41, 5.74) is 9.16. The highest BCUT2D eigenvalue weighted by Gasteiger charge is 2.17. The van der Waals surface area contributed by atoms with E-state index < -0.39 is 6.10 Å². The topological polar surface area (TPSA) is 69.7 Å². The third-order valence-corrected chi connectivity index (χ3v) is 5.18. The molecule has 4 nitrogen and oxygen atoms in total. The number of nitrogens with zero attached hydrogens (tertiary/aromatic N) is 1. The third kappa shape index (κ3) is 2.41. The first-order valence-electron chi connectivity index (χ1n) is 7.23. The number of fused-ring (bicyclic) bond motifs is 3. The first-order valence-corrected chi connectivity index (χ1v) is 8.05. The lowest BCUT2D eigenvalue weighted by Crippen LogP contribution is -2.31. The highest BCUT2D eigenvalue weighted by molar-refractivity contribution is 7.26. The number of anilines is 2. The molecule has 5 heteroatoms. The first kappa shape index (κ1) is 15.1. The van der Waals surface area contributed by atoms with Gasteiger partial charge in [-0.25, -0.2) is 0 Å². The summed E-state index contributed by atoms with van der Waals surface area (Å²) in [6.45, 7) is 2.13. The molecule has 0 spiro atoms. The normalized spacial score (nSPS) is 12.9. The van der Waals surface area contributed by atoms with E-state index in [-0.39, 0.29) is 6.61 Å². The van der Waals surface area contributed by atoms with Gasteiger partial charge in [0.25, 0.3) is 0 Å². The zero-order valence-corrected chi connectivity index (χ0v) is 13.5. The number of nitrogens with two attached hydrogens (primary N) is 1. The van der Waals surface area contributed by atoms with E-state index in [4.69, 9.17) is 10.8 Å². The van der Waals surface area contributed by atoms with Gasteiger partial charge in [0.2, 0.25) is 0 Å². The minimum Gasteiger partial charge on any atom is -0.397 e. The molecule has 0 bridgehead atoms. The molecular formula is C17H20N2O2S. The summed E-state index contributed by atoms with van der Waals surface area (Å²) < 4.78 is 2.29. The number of thiophene rings is 1. The van der Waals surface area contributed by atoms with Gasteiger partial charge in [-0.3, -0.25) is 0 Å². The smallest absolute Gasteiger partial charge is 0.0945 e. The molecule has 4 N–H and O–H groups in total. The maximum absolute atomic E-state index is 9.74. The van der Waals surface area contributed by atoms with Gasteiger partial charge in [0.1, 0.15) is 0 Å². The van der Waals surface area contributed by atoms with Gasteiger partial charge in [-0.05, 0) is 24.6 Å². The van der Waals surface area contributed by atoms with E-state index in [0.29, 0.717) is 6.54 Å². The second-order valence-electron chi connectivity index (χ2n) is 5.65. The van der Waals surface area contributed by atoms with Crippen molar-refractivity contribution in [3.05, 3.63) is 35.9 Å². The molecular weight excluding hydrogens is 296 g/mol. The number of benzene rings is 2. The van der Waals surface area contributed by atoms with Crippen LogP contribution < -0.4 is 10.6 Å². The van der Waals surface area contributed by atoms with Crippen LogP contribution in [-0.4, -0.2) is 36.5 Å². The molecule has 116 valence electrons. The molecule has 3 aromatic rings. The van der Waals surface area contributed by atoms with Crippen molar-refractivity contribution in [2.24, 2.45) is 0 Å². The molecule has 0 aliphatic heterocycles. The van der Waals surface area contributed by atoms with Gasteiger partial charge in [-0.15, -0.1) is 11.3 Å². The summed E-state index contributed by atoms with van der Waals surface area (Å²) in [7, 11) is 1.93. The Morgan fingerprint density at radius 3 is 2.77 bits per heavy atom. The average molecular weight is 316 g/mol. The fourth-order valence-corrected chi connectivity index (χ4v) is 4.03. The van der Waals surface area contributed by atoms with E-state index in [1.165, 1.54) is 10.1 Å². The molecule has 0 saturated carbocycles.